The van der Waals surface area contributed by atoms with Gasteiger partial charge in [0.15, 0.2) is 0 Å². The van der Waals surface area contributed by atoms with E-state index in [1.807, 2.05) is 37.4 Å². The van der Waals surface area contributed by atoms with Gasteiger partial charge in [-0.1, -0.05) is 18.2 Å². The van der Waals surface area contributed by atoms with Gasteiger partial charge in [-0.3, -0.25) is 4.79 Å². The maximum absolute atomic E-state index is 11.5. The molecule has 1 amide bonds. The molecule has 19 heavy (non-hydrogen) atoms. The molecule has 102 valence electrons. The van der Waals surface area contributed by atoms with Gasteiger partial charge in [0.25, 0.3) is 0 Å². The molecule has 4 nitrogen and oxygen atoms in total. The van der Waals surface area contributed by atoms with Crippen LogP contribution in [0.5, 0.6) is 0 Å². The first-order valence-corrected chi connectivity index (χ1v) is 7.21. The van der Waals surface area contributed by atoms with E-state index >= 15 is 0 Å². The normalized spacial score (nSPS) is 12.3. The van der Waals surface area contributed by atoms with Crippen LogP contribution in [0.4, 0.5) is 0 Å². The van der Waals surface area contributed by atoms with E-state index in [2.05, 4.69) is 5.32 Å². The highest BCUT2D eigenvalue weighted by Crippen LogP contribution is 2.15. The van der Waals surface area contributed by atoms with Crippen molar-refractivity contribution in [2.75, 3.05) is 12.0 Å². The fraction of sp³-hybridized carbons (Fsp3) is 0.286. The van der Waals surface area contributed by atoms with Crippen LogP contribution in [0.15, 0.2) is 30.3 Å². The van der Waals surface area contributed by atoms with Crippen LogP contribution in [-0.4, -0.2) is 29.0 Å². The van der Waals surface area contributed by atoms with E-state index in [-0.39, 0.29) is 11.9 Å². The molecular weight excluding hydrogens is 262 g/mol. The number of hydrogen-bond donors (Lipinski definition) is 2. The van der Waals surface area contributed by atoms with E-state index in [0.717, 1.165) is 17.2 Å². The first kappa shape index (κ1) is 15.3. The van der Waals surface area contributed by atoms with Crippen LogP contribution in [0.3, 0.4) is 0 Å². The minimum Gasteiger partial charge on any atom is -0.478 e. The zero-order valence-electron chi connectivity index (χ0n) is 10.9. The Labute approximate surface area is 116 Å². The number of rotatable bonds is 6. The average Bonchev–Trinajstić information content (AvgIpc) is 2.37. The van der Waals surface area contributed by atoms with Gasteiger partial charge in [-0.2, -0.15) is 11.8 Å². The minimum atomic E-state index is -0.980. The lowest BCUT2D eigenvalue weighted by Crippen LogP contribution is -2.28. The minimum absolute atomic E-state index is 0.00789. The Morgan fingerprint density at radius 1 is 1.47 bits per heavy atom. The highest BCUT2D eigenvalue weighted by Gasteiger charge is 2.08. The first-order valence-electron chi connectivity index (χ1n) is 5.82. The van der Waals surface area contributed by atoms with Crippen LogP contribution < -0.4 is 5.32 Å². The van der Waals surface area contributed by atoms with Crippen LogP contribution in [0.2, 0.25) is 0 Å². The Morgan fingerprint density at radius 2 is 2.21 bits per heavy atom. The van der Waals surface area contributed by atoms with Crippen LogP contribution in [0, 0.1) is 0 Å². The third-order valence-corrected chi connectivity index (χ3v) is 3.03. The predicted octanol–water partition coefficient (Wildman–Crippen LogP) is 2.32. The van der Waals surface area contributed by atoms with E-state index in [9.17, 15) is 9.59 Å². The van der Waals surface area contributed by atoms with Crippen molar-refractivity contribution in [3.05, 3.63) is 41.5 Å². The molecule has 1 unspecified atom stereocenters. The fourth-order valence-electron chi connectivity index (χ4n) is 1.60. The molecule has 0 aliphatic carbocycles. The van der Waals surface area contributed by atoms with Crippen molar-refractivity contribution < 1.29 is 14.7 Å². The van der Waals surface area contributed by atoms with Crippen LogP contribution in [-0.2, 0) is 9.59 Å². The summed E-state index contributed by atoms with van der Waals surface area (Å²) >= 11 is 1.47. The highest BCUT2D eigenvalue weighted by molar-refractivity contribution is 7.99. The molecule has 1 aromatic carbocycles. The third kappa shape index (κ3) is 5.61. The summed E-state index contributed by atoms with van der Waals surface area (Å²) in [5.74, 6) is -0.554. The van der Waals surface area contributed by atoms with Gasteiger partial charge in [-0.05, 0) is 36.4 Å². The van der Waals surface area contributed by atoms with Gasteiger partial charge in [-0.25, -0.2) is 4.79 Å². The molecule has 0 aromatic heterocycles. The molecule has 0 aliphatic heterocycles. The molecule has 1 aromatic rings. The number of nitrogens with one attached hydrogen (secondary N) is 1. The Bertz CT molecular complexity index is 485. The summed E-state index contributed by atoms with van der Waals surface area (Å²) in [6, 6.07) is 7.33. The number of amides is 1. The Kier molecular flexibility index (Phi) is 6.15. The van der Waals surface area contributed by atoms with E-state index < -0.39 is 5.97 Å². The molecule has 5 heteroatoms. The van der Waals surface area contributed by atoms with Crippen LogP contribution in [0.1, 0.15) is 24.1 Å². The van der Waals surface area contributed by atoms with Crippen LogP contribution in [0.25, 0.3) is 6.08 Å². The molecule has 0 aliphatic rings. The van der Waals surface area contributed by atoms with Gasteiger partial charge in [0.1, 0.15) is 0 Å². The van der Waals surface area contributed by atoms with E-state index in [0.29, 0.717) is 5.75 Å². The Morgan fingerprint density at radius 3 is 2.84 bits per heavy atom. The Balaban J connectivity index is 2.75. The summed E-state index contributed by atoms with van der Waals surface area (Å²) in [5.41, 5.74) is 1.74. The molecule has 1 rings (SSSR count). The van der Waals surface area contributed by atoms with Crippen molar-refractivity contribution in [3.8, 4) is 0 Å². The third-order valence-electron chi connectivity index (χ3n) is 2.48. The van der Waals surface area contributed by atoms with E-state index in [1.165, 1.54) is 17.8 Å². The molecular formula is C14H17NO3S. The van der Waals surface area contributed by atoms with Crippen molar-refractivity contribution >= 4 is 29.7 Å². The number of carbonyl (C=O) groups excluding carboxylic acids is 1. The second kappa shape index (κ2) is 7.63. The second-order valence-electron chi connectivity index (χ2n) is 4.06. The lowest BCUT2D eigenvalue weighted by molar-refractivity contribution is -0.131. The topological polar surface area (TPSA) is 66.4 Å². The maximum atomic E-state index is 11.5. The largest absolute Gasteiger partial charge is 0.478 e. The molecule has 0 radical (unpaired) electrons. The molecule has 0 heterocycles. The van der Waals surface area contributed by atoms with E-state index in [1.54, 1.807) is 0 Å². The summed E-state index contributed by atoms with van der Waals surface area (Å²) in [4.78, 5) is 22.0. The lowest BCUT2D eigenvalue weighted by atomic mass is 10.0. The summed E-state index contributed by atoms with van der Waals surface area (Å²) in [7, 11) is 0. The monoisotopic (exact) mass is 279 g/mol. The fourth-order valence-corrected chi connectivity index (χ4v) is 1.94. The standard InChI is InChI=1S/C14H17NO3S/c1-10(15-13(16)9-19-2)12-5-3-4-11(8-12)6-7-14(17)18/h3-8,10H,9H2,1-2H3,(H,15,16)(H,17,18). The highest BCUT2D eigenvalue weighted by atomic mass is 32.2. The molecule has 0 bridgehead atoms. The Hall–Kier alpha value is -1.75. The van der Waals surface area contributed by atoms with Crippen molar-refractivity contribution in [2.24, 2.45) is 0 Å². The van der Waals surface area contributed by atoms with Gasteiger partial charge >= 0.3 is 5.97 Å². The quantitative estimate of drug-likeness (QED) is 0.784. The molecule has 1 atom stereocenters. The zero-order chi connectivity index (χ0) is 14.3. The summed E-state index contributed by atoms with van der Waals surface area (Å²) < 4.78 is 0. The number of carboxylic acid groups (broad SMARTS) is 1. The SMILES string of the molecule is CSCC(=O)NC(C)c1cccc(C=CC(=O)O)c1. The smallest absolute Gasteiger partial charge is 0.328 e. The van der Waals surface area contributed by atoms with Crippen molar-refractivity contribution in [2.45, 2.75) is 13.0 Å². The molecule has 0 saturated heterocycles. The number of benzene rings is 1. The molecule has 2 N–H and O–H groups in total. The average molecular weight is 279 g/mol. The molecule has 0 spiro atoms. The molecule has 0 fully saturated rings. The van der Waals surface area contributed by atoms with Crippen molar-refractivity contribution in [1.82, 2.24) is 5.32 Å². The number of aliphatic carboxylic acids is 1. The number of hydrogen-bond acceptors (Lipinski definition) is 3. The zero-order valence-corrected chi connectivity index (χ0v) is 11.7. The van der Waals surface area contributed by atoms with Crippen molar-refractivity contribution in [1.29, 1.82) is 0 Å². The van der Waals surface area contributed by atoms with Crippen LogP contribution >= 0.6 is 11.8 Å². The lowest BCUT2D eigenvalue weighted by Gasteiger charge is -2.14. The summed E-state index contributed by atoms with van der Waals surface area (Å²) in [6.45, 7) is 1.90. The summed E-state index contributed by atoms with van der Waals surface area (Å²) in [6.07, 6.45) is 4.50. The number of carboxylic acids is 1. The second-order valence-corrected chi connectivity index (χ2v) is 4.93. The summed E-state index contributed by atoms with van der Waals surface area (Å²) in [5, 5.41) is 11.5. The van der Waals surface area contributed by atoms with Gasteiger partial charge < -0.3 is 10.4 Å². The predicted molar refractivity (Wildman–Crippen MR) is 78.1 cm³/mol. The van der Waals surface area contributed by atoms with Gasteiger partial charge in [0.2, 0.25) is 5.91 Å². The number of thioether (sulfide) groups is 1. The molecule has 0 saturated carbocycles. The van der Waals surface area contributed by atoms with Gasteiger partial charge in [0, 0.05) is 6.08 Å². The number of carbonyl (C=O) groups is 2. The van der Waals surface area contributed by atoms with E-state index in [4.69, 9.17) is 5.11 Å². The van der Waals surface area contributed by atoms with Gasteiger partial charge in [-0.15, -0.1) is 0 Å². The van der Waals surface area contributed by atoms with Gasteiger partial charge in [0.05, 0.1) is 11.8 Å². The van der Waals surface area contributed by atoms with Crippen molar-refractivity contribution in [3.63, 3.8) is 0 Å². The first-order chi connectivity index (χ1) is 9.02. The maximum Gasteiger partial charge on any atom is 0.328 e.